The fraction of sp³-hybridized carbons (Fsp3) is 0.385. The summed E-state index contributed by atoms with van der Waals surface area (Å²) in [5.41, 5.74) is 3.42. The van der Waals surface area contributed by atoms with Crippen molar-refractivity contribution in [2.75, 3.05) is 11.9 Å². The molecule has 0 radical (unpaired) electrons. The van der Waals surface area contributed by atoms with Crippen molar-refractivity contribution in [1.29, 1.82) is 0 Å². The number of carbonyl (C=O) groups excluding carboxylic acids is 1. The lowest BCUT2D eigenvalue weighted by Gasteiger charge is -2.24. The molecule has 2 rings (SSSR count). The van der Waals surface area contributed by atoms with Crippen LogP contribution in [0.15, 0.2) is 48.0 Å². The van der Waals surface area contributed by atoms with Gasteiger partial charge in [-0.2, -0.15) is 0 Å². The number of carboxylic acids is 1. The number of benzene rings is 2. The molecular formula is C26H33NO4. The summed E-state index contributed by atoms with van der Waals surface area (Å²) in [6, 6.07) is 13.4. The van der Waals surface area contributed by atoms with Gasteiger partial charge >= 0.3 is 5.97 Å². The summed E-state index contributed by atoms with van der Waals surface area (Å²) in [4.78, 5) is 24.1. The molecule has 2 aromatic carbocycles. The first-order valence-electron chi connectivity index (χ1n) is 10.7. The molecule has 0 aromatic heterocycles. The maximum absolute atomic E-state index is 12.8. The maximum Gasteiger partial charge on any atom is 0.331 e. The minimum absolute atomic E-state index is 0.0747. The highest BCUT2D eigenvalue weighted by molar-refractivity contribution is 5.95. The molecule has 0 saturated carbocycles. The largest absolute Gasteiger partial charge is 0.493 e. The van der Waals surface area contributed by atoms with Crippen LogP contribution in [0.25, 0.3) is 6.08 Å². The molecule has 0 heterocycles. The van der Waals surface area contributed by atoms with Crippen molar-refractivity contribution in [3.05, 3.63) is 64.7 Å². The van der Waals surface area contributed by atoms with Crippen molar-refractivity contribution >= 4 is 23.6 Å². The first kappa shape index (κ1) is 24.2. The molecule has 0 fully saturated rings. The van der Waals surface area contributed by atoms with E-state index in [9.17, 15) is 14.7 Å². The van der Waals surface area contributed by atoms with E-state index in [1.165, 1.54) is 0 Å². The first-order valence-corrected chi connectivity index (χ1v) is 10.7. The van der Waals surface area contributed by atoms with Gasteiger partial charge in [-0.1, -0.05) is 45.0 Å². The Labute approximate surface area is 185 Å². The Morgan fingerprint density at radius 1 is 1.13 bits per heavy atom. The van der Waals surface area contributed by atoms with Crippen molar-refractivity contribution in [3.8, 4) is 5.75 Å². The Kier molecular flexibility index (Phi) is 8.43. The number of aliphatic carboxylic acids is 1. The van der Waals surface area contributed by atoms with Gasteiger partial charge < -0.3 is 15.2 Å². The van der Waals surface area contributed by atoms with Crippen LogP contribution in [0.5, 0.6) is 5.75 Å². The molecular weight excluding hydrogens is 390 g/mol. The Morgan fingerprint density at radius 2 is 1.87 bits per heavy atom. The Morgan fingerprint density at radius 3 is 2.55 bits per heavy atom. The minimum Gasteiger partial charge on any atom is -0.493 e. The number of carboxylic acid groups (broad SMARTS) is 1. The summed E-state index contributed by atoms with van der Waals surface area (Å²) < 4.78 is 5.91. The molecule has 0 spiro atoms. The molecule has 0 aliphatic heterocycles. The lowest BCUT2D eigenvalue weighted by Crippen LogP contribution is -2.31. The minimum atomic E-state index is -0.929. The highest BCUT2D eigenvalue weighted by Gasteiger charge is 2.27. The van der Waals surface area contributed by atoms with Gasteiger partial charge in [0.1, 0.15) is 5.75 Å². The van der Waals surface area contributed by atoms with Crippen molar-refractivity contribution in [3.63, 3.8) is 0 Å². The topological polar surface area (TPSA) is 75.6 Å². The Hall–Kier alpha value is -3.08. The number of hydrogen-bond donors (Lipinski definition) is 2. The van der Waals surface area contributed by atoms with E-state index in [1.807, 2.05) is 52.0 Å². The highest BCUT2D eigenvalue weighted by atomic mass is 16.5. The number of hydrogen-bond acceptors (Lipinski definition) is 3. The van der Waals surface area contributed by atoms with Crippen LogP contribution < -0.4 is 10.1 Å². The van der Waals surface area contributed by atoms with E-state index in [1.54, 1.807) is 25.1 Å². The number of aryl methyl sites for hydroxylation is 2. The van der Waals surface area contributed by atoms with Gasteiger partial charge in [0, 0.05) is 16.7 Å². The normalized spacial score (nSPS) is 11.8. The van der Waals surface area contributed by atoms with Crippen molar-refractivity contribution in [2.45, 2.75) is 53.9 Å². The van der Waals surface area contributed by atoms with Crippen LogP contribution in [-0.2, 0) is 9.59 Å². The van der Waals surface area contributed by atoms with Gasteiger partial charge in [0.2, 0.25) is 5.91 Å². The molecule has 0 bridgehead atoms. The van der Waals surface area contributed by atoms with Gasteiger partial charge in [-0.05, 0) is 74.1 Å². The van der Waals surface area contributed by atoms with Crippen molar-refractivity contribution in [2.24, 2.45) is 5.41 Å². The van der Waals surface area contributed by atoms with E-state index < -0.39 is 11.4 Å². The second kappa shape index (κ2) is 10.8. The Bertz CT molecular complexity index is 960. The van der Waals surface area contributed by atoms with Crippen LogP contribution in [0.4, 0.5) is 5.69 Å². The third-order valence-electron chi connectivity index (χ3n) is 5.30. The summed E-state index contributed by atoms with van der Waals surface area (Å²) in [6.45, 7) is 10.3. The Balaban J connectivity index is 1.94. The molecule has 0 atom stereocenters. The molecule has 2 N–H and O–H groups in total. The average molecular weight is 424 g/mol. The summed E-state index contributed by atoms with van der Waals surface area (Å²) in [5.74, 6) is -0.115. The standard InChI is InChI=1S/C26H33NO4/c1-6-21(24(28)29)16-20-9-7-10-22(17-20)27-25(30)26(4,5)13-8-14-31-23-15-18(2)11-12-19(23)3/h7,9-12,15-17H,6,8,13-14H2,1-5H3,(H,27,30)(H,28,29). The number of amides is 1. The lowest BCUT2D eigenvalue weighted by atomic mass is 9.87. The van der Waals surface area contributed by atoms with Crippen LogP contribution in [-0.4, -0.2) is 23.6 Å². The van der Waals surface area contributed by atoms with E-state index >= 15 is 0 Å². The molecule has 2 aromatic rings. The summed E-state index contributed by atoms with van der Waals surface area (Å²) in [5, 5.41) is 12.2. The second-order valence-corrected chi connectivity index (χ2v) is 8.51. The van der Waals surface area contributed by atoms with E-state index in [0.29, 0.717) is 30.7 Å². The van der Waals surface area contributed by atoms with E-state index in [2.05, 4.69) is 11.4 Å². The quantitative estimate of drug-likeness (QED) is 0.363. The van der Waals surface area contributed by atoms with Gasteiger partial charge in [-0.3, -0.25) is 4.79 Å². The van der Waals surface area contributed by atoms with Crippen molar-refractivity contribution < 1.29 is 19.4 Å². The van der Waals surface area contributed by atoms with Crippen LogP contribution >= 0.6 is 0 Å². The summed E-state index contributed by atoms with van der Waals surface area (Å²) >= 11 is 0. The fourth-order valence-corrected chi connectivity index (χ4v) is 3.20. The summed E-state index contributed by atoms with van der Waals surface area (Å²) in [6.07, 6.45) is 3.51. The zero-order chi connectivity index (χ0) is 23.0. The van der Waals surface area contributed by atoms with Crippen LogP contribution in [0.3, 0.4) is 0 Å². The van der Waals surface area contributed by atoms with Crippen LogP contribution in [0, 0.1) is 19.3 Å². The maximum atomic E-state index is 12.8. The number of carbonyl (C=O) groups is 2. The van der Waals surface area contributed by atoms with E-state index in [-0.39, 0.29) is 5.91 Å². The molecule has 166 valence electrons. The molecule has 1 amide bonds. The second-order valence-electron chi connectivity index (χ2n) is 8.51. The van der Waals surface area contributed by atoms with Crippen LogP contribution in [0.1, 0.15) is 56.7 Å². The molecule has 0 aliphatic carbocycles. The highest BCUT2D eigenvalue weighted by Crippen LogP contribution is 2.26. The molecule has 31 heavy (non-hydrogen) atoms. The predicted molar refractivity (Wildman–Crippen MR) is 125 cm³/mol. The number of ether oxygens (including phenoxy) is 1. The third-order valence-corrected chi connectivity index (χ3v) is 5.30. The predicted octanol–water partition coefficient (Wildman–Crippen LogP) is 6.01. The lowest BCUT2D eigenvalue weighted by molar-refractivity contribution is -0.132. The molecule has 5 nitrogen and oxygen atoms in total. The molecule has 0 aliphatic rings. The van der Waals surface area contributed by atoms with Gasteiger partial charge in [-0.15, -0.1) is 0 Å². The fourth-order valence-electron chi connectivity index (χ4n) is 3.20. The first-order chi connectivity index (χ1) is 14.6. The summed E-state index contributed by atoms with van der Waals surface area (Å²) in [7, 11) is 0. The van der Waals surface area contributed by atoms with E-state index in [0.717, 1.165) is 28.9 Å². The molecule has 0 saturated heterocycles. The van der Waals surface area contributed by atoms with Gasteiger partial charge in [-0.25, -0.2) is 4.79 Å². The number of nitrogens with one attached hydrogen (secondary N) is 1. The van der Waals surface area contributed by atoms with Crippen LogP contribution in [0.2, 0.25) is 0 Å². The van der Waals surface area contributed by atoms with E-state index in [4.69, 9.17) is 4.74 Å². The van der Waals surface area contributed by atoms with Gasteiger partial charge in [0.25, 0.3) is 0 Å². The zero-order valence-corrected chi connectivity index (χ0v) is 19.1. The smallest absolute Gasteiger partial charge is 0.331 e. The molecule has 0 unspecified atom stereocenters. The monoisotopic (exact) mass is 423 g/mol. The number of anilines is 1. The van der Waals surface area contributed by atoms with Crippen molar-refractivity contribution in [1.82, 2.24) is 0 Å². The third kappa shape index (κ3) is 7.28. The van der Waals surface area contributed by atoms with Gasteiger partial charge in [0.15, 0.2) is 0 Å². The number of rotatable bonds is 10. The molecule has 5 heteroatoms. The SMILES string of the molecule is CCC(=Cc1cccc(NC(=O)C(C)(C)CCCOc2cc(C)ccc2C)c1)C(=O)O. The zero-order valence-electron chi connectivity index (χ0n) is 19.1. The van der Waals surface area contributed by atoms with Gasteiger partial charge in [0.05, 0.1) is 6.61 Å². The average Bonchev–Trinajstić information content (AvgIpc) is 2.71.